The molecule has 3 rings (SSSR count). The van der Waals surface area contributed by atoms with Crippen LogP contribution in [0.4, 0.5) is 17.1 Å². The number of benzene rings is 3. The van der Waals surface area contributed by atoms with Gasteiger partial charge >= 0.3 is 0 Å². The molecular weight excluding hydrogens is 362 g/mol. The Balaban J connectivity index is 1.67. The maximum absolute atomic E-state index is 12.6. The number of carbonyl (C=O) groups is 2. The molecular formula is C24H25N3O2. The molecule has 0 aromatic heterocycles. The Labute approximate surface area is 171 Å². The summed E-state index contributed by atoms with van der Waals surface area (Å²) in [6.45, 7) is 6.05. The molecule has 0 aliphatic heterocycles. The van der Waals surface area contributed by atoms with Crippen molar-refractivity contribution in [3.8, 4) is 0 Å². The Morgan fingerprint density at radius 2 is 1.41 bits per heavy atom. The summed E-state index contributed by atoms with van der Waals surface area (Å²) in [6.07, 6.45) is 0. The van der Waals surface area contributed by atoms with E-state index in [-0.39, 0.29) is 18.4 Å². The van der Waals surface area contributed by atoms with E-state index in [1.165, 1.54) is 0 Å². The van der Waals surface area contributed by atoms with Crippen LogP contribution in [0, 0.1) is 20.8 Å². The van der Waals surface area contributed by atoms with E-state index in [0.717, 1.165) is 28.1 Å². The van der Waals surface area contributed by atoms with Crippen molar-refractivity contribution in [2.45, 2.75) is 20.8 Å². The van der Waals surface area contributed by atoms with Gasteiger partial charge in [-0.15, -0.1) is 0 Å². The van der Waals surface area contributed by atoms with Crippen LogP contribution in [0.2, 0.25) is 0 Å². The molecule has 0 aliphatic carbocycles. The second kappa shape index (κ2) is 9.06. The molecule has 0 atom stereocenters. The van der Waals surface area contributed by atoms with Crippen molar-refractivity contribution < 1.29 is 9.59 Å². The summed E-state index contributed by atoms with van der Waals surface area (Å²) < 4.78 is 0. The quantitative estimate of drug-likeness (QED) is 0.562. The smallest absolute Gasteiger partial charge is 0.257 e. The molecule has 0 saturated heterocycles. The van der Waals surface area contributed by atoms with Crippen LogP contribution in [0.1, 0.15) is 27.0 Å². The average molecular weight is 387 g/mol. The molecule has 5 heteroatoms. The molecule has 5 nitrogen and oxygen atoms in total. The first-order valence-corrected chi connectivity index (χ1v) is 9.51. The largest absolute Gasteiger partial charge is 0.376 e. The molecule has 3 N–H and O–H groups in total. The van der Waals surface area contributed by atoms with Gasteiger partial charge in [0.15, 0.2) is 0 Å². The Morgan fingerprint density at radius 1 is 0.793 bits per heavy atom. The van der Waals surface area contributed by atoms with Crippen molar-refractivity contribution in [2.75, 3.05) is 22.5 Å². The van der Waals surface area contributed by atoms with E-state index in [4.69, 9.17) is 0 Å². The highest BCUT2D eigenvalue weighted by Gasteiger charge is 2.13. The first-order chi connectivity index (χ1) is 13.9. The van der Waals surface area contributed by atoms with Crippen LogP contribution in [-0.2, 0) is 4.79 Å². The topological polar surface area (TPSA) is 70.2 Å². The van der Waals surface area contributed by atoms with Gasteiger partial charge in [-0.05, 0) is 56.2 Å². The van der Waals surface area contributed by atoms with Crippen LogP contribution in [-0.4, -0.2) is 18.4 Å². The predicted molar refractivity (Wildman–Crippen MR) is 119 cm³/mol. The van der Waals surface area contributed by atoms with Gasteiger partial charge in [0.1, 0.15) is 0 Å². The van der Waals surface area contributed by atoms with Gasteiger partial charge in [-0.25, -0.2) is 0 Å². The van der Waals surface area contributed by atoms with Gasteiger partial charge < -0.3 is 16.0 Å². The predicted octanol–water partition coefficient (Wildman–Crippen LogP) is 4.91. The Kier molecular flexibility index (Phi) is 6.29. The van der Waals surface area contributed by atoms with Gasteiger partial charge in [0.2, 0.25) is 5.91 Å². The lowest BCUT2D eigenvalue weighted by Gasteiger charge is -2.15. The lowest BCUT2D eigenvalue weighted by Crippen LogP contribution is -2.24. The molecule has 0 unspecified atom stereocenters. The molecule has 0 radical (unpaired) electrons. The summed E-state index contributed by atoms with van der Waals surface area (Å²) in [4.78, 5) is 25.1. The third kappa shape index (κ3) is 5.23. The summed E-state index contributed by atoms with van der Waals surface area (Å²) in [6, 6.07) is 20.5. The molecule has 0 bridgehead atoms. The van der Waals surface area contributed by atoms with Crippen LogP contribution in [0.25, 0.3) is 0 Å². The summed E-state index contributed by atoms with van der Waals surface area (Å²) in [5.74, 6) is -0.400. The van der Waals surface area contributed by atoms with Gasteiger partial charge in [0.25, 0.3) is 5.91 Å². The first-order valence-electron chi connectivity index (χ1n) is 9.51. The first kappa shape index (κ1) is 20.1. The minimum Gasteiger partial charge on any atom is -0.376 e. The molecule has 148 valence electrons. The second-order valence-corrected chi connectivity index (χ2v) is 7.04. The van der Waals surface area contributed by atoms with Crippen molar-refractivity contribution in [2.24, 2.45) is 0 Å². The molecule has 0 saturated carbocycles. The molecule has 2 amide bonds. The number of hydrogen-bond acceptors (Lipinski definition) is 3. The summed E-state index contributed by atoms with van der Waals surface area (Å²) in [5.41, 5.74) is 5.85. The molecule has 0 aliphatic rings. The van der Waals surface area contributed by atoms with E-state index >= 15 is 0 Å². The third-order valence-corrected chi connectivity index (χ3v) is 4.58. The van der Waals surface area contributed by atoms with Crippen molar-refractivity contribution in [3.63, 3.8) is 0 Å². The van der Waals surface area contributed by atoms with Crippen molar-refractivity contribution >= 4 is 28.9 Å². The van der Waals surface area contributed by atoms with Crippen LogP contribution in [0.5, 0.6) is 0 Å². The number of amides is 2. The zero-order chi connectivity index (χ0) is 20.8. The highest BCUT2D eigenvalue weighted by atomic mass is 16.2. The summed E-state index contributed by atoms with van der Waals surface area (Å²) in [5, 5.41) is 8.91. The number of aryl methyl sites for hydroxylation is 3. The minimum absolute atomic E-state index is 0.0579. The van der Waals surface area contributed by atoms with E-state index in [1.54, 1.807) is 18.2 Å². The lowest BCUT2D eigenvalue weighted by atomic mass is 10.1. The number of para-hydroxylation sites is 2. The Bertz CT molecular complexity index is 1010. The zero-order valence-electron chi connectivity index (χ0n) is 16.9. The van der Waals surface area contributed by atoms with E-state index in [2.05, 4.69) is 16.0 Å². The van der Waals surface area contributed by atoms with E-state index in [0.29, 0.717) is 11.3 Å². The van der Waals surface area contributed by atoms with Gasteiger partial charge in [-0.2, -0.15) is 0 Å². The second-order valence-electron chi connectivity index (χ2n) is 7.04. The average Bonchev–Trinajstić information content (AvgIpc) is 2.70. The standard InChI is InChI=1S/C24H25N3O2/c1-16-13-17(2)23(18(3)14-16)27-22(28)15-25-21-12-8-7-11-20(21)24(29)26-19-9-5-4-6-10-19/h4-14,25H,15H2,1-3H3,(H,26,29)(H,27,28). The van der Waals surface area contributed by atoms with Gasteiger partial charge in [0.05, 0.1) is 12.1 Å². The number of rotatable bonds is 6. The summed E-state index contributed by atoms with van der Waals surface area (Å²) >= 11 is 0. The van der Waals surface area contributed by atoms with Crippen LogP contribution >= 0.6 is 0 Å². The van der Waals surface area contributed by atoms with Crippen LogP contribution in [0.15, 0.2) is 66.7 Å². The molecule has 0 fully saturated rings. The maximum atomic E-state index is 12.6. The van der Waals surface area contributed by atoms with Crippen molar-refractivity contribution in [3.05, 3.63) is 89.0 Å². The Hall–Kier alpha value is -3.60. The van der Waals surface area contributed by atoms with E-state index in [9.17, 15) is 9.59 Å². The fourth-order valence-corrected chi connectivity index (χ4v) is 3.29. The zero-order valence-corrected chi connectivity index (χ0v) is 16.9. The SMILES string of the molecule is Cc1cc(C)c(NC(=O)CNc2ccccc2C(=O)Nc2ccccc2)c(C)c1. The van der Waals surface area contributed by atoms with Gasteiger partial charge in [0, 0.05) is 17.1 Å². The lowest BCUT2D eigenvalue weighted by molar-refractivity contribution is -0.114. The Morgan fingerprint density at radius 3 is 2.10 bits per heavy atom. The molecule has 29 heavy (non-hydrogen) atoms. The van der Waals surface area contributed by atoms with Crippen LogP contribution in [0.3, 0.4) is 0 Å². The number of hydrogen-bond donors (Lipinski definition) is 3. The third-order valence-electron chi connectivity index (χ3n) is 4.58. The number of anilines is 3. The van der Waals surface area contributed by atoms with Gasteiger partial charge in [-0.3, -0.25) is 9.59 Å². The number of nitrogens with one attached hydrogen (secondary N) is 3. The molecule has 3 aromatic rings. The highest BCUT2D eigenvalue weighted by molar-refractivity contribution is 6.08. The minimum atomic E-state index is -0.232. The summed E-state index contributed by atoms with van der Waals surface area (Å²) in [7, 11) is 0. The highest BCUT2D eigenvalue weighted by Crippen LogP contribution is 2.22. The fraction of sp³-hybridized carbons (Fsp3) is 0.167. The number of carbonyl (C=O) groups excluding carboxylic acids is 2. The van der Waals surface area contributed by atoms with Crippen molar-refractivity contribution in [1.82, 2.24) is 0 Å². The fourth-order valence-electron chi connectivity index (χ4n) is 3.29. The van der Waals surface area contributed by atoms with Crippen LogP contribution < -0.4 is 16.0 Å². The molecule has 3 aromatic carbocycles. The monoisotopic (exact) mass is 387 g/mol. The normalized spacial score (nSPS) is 10.3. The van der Waals surface area contributed by atoms with Crippen molar-refractivity contribution in [1.29, 1.82) is 0 Å². The van der Waals surface area contributed by atoms with E-state index in [1.807, 2.05) is 69.3 Å². The molecule has 0 spiro atoms. The van der Waals surface area contributed by atoms with Gasteiger partial charge in [-0.1, -0.05) is 48.0 Å². The molecule has 0 heterocycles. The maximum Gasteiger partial charge on any atom is 0.257 e. The van der Waals surface area contributed by atoms with E-state index < -0.39 is 0 Å².